The van der Waals surface area contributed by atoms with Crippen LogP contribution < -0.4 is 9.47 Å². The molecule has 3 aromatic heterocycles. The van der Waals surface area contributed by atoms with E-state index in [2.05, 4.69) is 4.98 Å². The Kier molecular flexibility index (Phi) is 3.91. The molecule has 1 N–H and O–H groups in total. The first kappa shape index (κ1) is 17.2. The third kappa shape index (κ3) is 2.61. The zero-order valence-electron chi connectivity index (χ0n) is 16.0. The van der Waals surface area contributed by atoms with Crippen LogP contribution in [-0.2, 0) is 0 Å². The van der Waals surface area contributed by atoms with Crippen molar-refractivity contribution in [2.45, 2.75) is 0 Å². The van der Waals surface area contributed by atoms with Gasteiger partial charge in [-0.2, -0.15) is 0 Å². The molecule has 6 heteroatoms. The highest BCUT2D eigenvalue weighted by atomic mass is 16.5. The van der Waals surface area contributed by atoms with Gasteiger partial charge < -0.3 is 19.0 Å². The number of imidazole rings is 1. The highest BCUT2D eigenvalue weighted by molar-refractivity contribution is 6.01. The van der Waals surface area contributed by atoms with Crippen molar-refractivity contribution in [3.05, 3.63) is 73.2 Å². The molecular formula is C23H19N3O3. The molecule has 0 radical (unpaired) electrons. The number of aromatic nitrogens is 3. The second-order valence-corrected chi connectivity index (χ2v) is 6.70. The Balaban J connectivity index is 1.84. The first-order valence-electron chi connectivity index (χ1n) is 9.19. The SMILES string of the molecule is COc1ccc(-c2c3ccccc3c(O)n2-c2ccn3ccnc3c2)cc1OC. The van der Waals surface area contributed by atoms with E-state index in [0.29, 0.717) is 11.5 Å². The molecule has 0 bridgehead atoms. The average Bonchev–Trinajstić information content (AvgIpc) is 3.35. The highest BCUT2D eigenvalue weighted by Gasteiger charge is 2.20. The summed E-state index contributed by atoms with van der Waals surface area (Å²) < 4.78 is 14.7. The third-order valence-corrected chi connectivity index (χ3v) is 5.16. The van der Waals surface area contributed by atoms with Crippen molar-refractivity contribution in [1.82, 2.24) is 14.0 Å². The molecule has 0 amide bonds. The summed E-state index contributed by atoms with van der Waals surface area (Å²) in [6.45, 7) is 0. The summed E-state index contributed by atoms with van der Waals surface area (Å²) in [7, 11) is 3.23. The topological polar surface area (TPSA) is 60.9 Å². The fourth-order valence-corrected chi connectivity index (χ4v) is 3.79. The van der Waals surface area contributed by atoms with Crippen LogP contribution in [-0.4, -0.2) is 33.3 Å². The van der Waals surface area contributed by atoms with E-state index >= 15 is 0 Å². The predicted octanol–water partition coefficient (Wildman–Crippen LogP) is 4.67. The molecule has 0 atom stereocenters. The van der Waals surface area contributed by atoms with Crippen molar-refractivity contribution in [2.75, 3.05) is 14.2 Å². The van der Waals surface area contributed by atoms with Gasteiger partial charge in [0.05, 0.1) is 25.6 Å². The largest absolute Gasteiger partial charge is 0.494 e. The van der Waals surface area contributed by atoms with Crippen LogP contribution in [0.15, 0.2) is 73.2 Å². The molecule has 0 saturated heterocycles. The molecule has 5 aromatic rings. The van der Waals surface area contributed by atoms with Gasteiger partial charge in [0.15, 0.2) is 11.5 Å². The minimum Gasteiger partial charge on any atom is -0.494 e. The lowest BCUT2D eigenvalue weighted by atomic mass is 10.1. The summed E-state index contributed by atoms with van der Waals surface area (Å²) >= 11 is 0. The van der Waals surface area contributed by atoms with E-state index in [1.54, 1.807) is 20.4 Å². The van der Waals surface area contributed by atoms with Gasteiger partial charge in [-0.05, 0) is 30.3 Å². The fraction of sp³-hybridized carbons (Fsp3) is 0.0870. The van der Waals surface area contributed by atoms with Gasteiger partial charge in [0.1, 0.15) is 5.65 Å². The molecule has 0 saturated carbocycles. The summed E-state index contributed by atoms with van der Waals surface area (Å²) in [5, 5.41) is 12.8. The number of aromatic hydroxyl groups is 1. The standard InChI is InChI=1S/C23H19N3O3/c1-28-19-8-7-15(13-20(19)29-2)22-17-5-3-4-6-18(17)23(27)26(22)16-9-11-25-12-10-24-21(25)14-16/h3-14,27H,1-2H3. The molecule has 0 aliphatic carbocycles. The van der Waals surface area contributed by atoms with Crippen molar-refractivity contribution in [3.63, 3.8) is 0 Å². The third-order valence-electron chi connectivity index (χ3n) is 5.16. The molecule has 0 aliphatic rings. The minimum atomic E-state index is 0.182. The Bertz CT molecular complexity index is 1350. The average molecular weight is 385 g/mol. The Labute approximate surface area is 167 Å². The number of hydrogen-bond acceptors (Lipinski definition) is 4. The maximum Gasteiger partial charge on any atom is 0.204 e. The van der Waals surface area contributed by atoms with Crippen molar-refractivity contribution in [2.24, 2.45) is 0 Å². The number of rotatable bonds is 4. The van der Waals surface area contributed by atoms with Crippen LogP contribution in [0.3, 0.4) is 0 Å². The van der Waals surface area contributed by atoms with Crippen molar-refractivity contribution >= 4 is 16.4 Å². The van der Waals surface area contributed by atoms with E-state index in [9.17, 15) is 5.11 Å². The summed E-state index contributed by atoms with van der Waals surface area (Å²) in [5.41, 5.74) is 3.40. The monoisotopic (exact) mass is 385 g/mol. The molecule has 144 valence electrons. The smallest absolute Gasteiger partial charge is 0.204 e. The Morgan fingerprint density at radius 1 is 0.862 bits per heavy atom. The number of ether oxygens (including phenoxy) is 2. The molecule has 0 spiro atoms. The van der Waals surface area contributed by atoms with Crippen LogP contribution in [0.2, 0.25) is 0 Å². The molecule has 0 unspecified atom stereocenters. The zero-order valence-corrected chi connectivity index (χ0v) is 16.0. The van der Waals surface area contributed by atoms with Gasteiger partial charge in [-0.1, -0.05) is 18.2 Å². The van der Waals surface area contributed by atoms with Gasteiger partial charge in [-0.25, -0.2) is 4.98 Å². The first-order chi connectivity index (χ1) is 14.2. The van der Waals surface area contributed by atoms with Crippen LogP contribution in [0.1, 0.15) is 0 Å². The lowest BCUT2D eigenvalue weighted by Crippen LogP contribution is -1.99. The van der Waals surface area contributed by atoms with Gasteiger partial charge in [-0.15, -0.1) is 0 Å². The molecule has 29 heavy (non-hydrogen) atoms. The van der Waals surface area contributed by atoms with E-state index in [-0.39, 0.29) is 5.88 Å². The maximum absolute atomic E-state index is 11.1. The van der Waals surface area contributed by atoms with E-state index in [1.165, 1.54) is 0 Å². The van der Waals surface area contributed by atoms with E-state index in [1.807, 2.05) is 76.0 Å². The molecular weight excluding hydrogens is 366 g/mol. The molecule has 5 rings (SSSR count). The number of benzene rings is 2. The highest BCUT2D eigenvalue weighted by Crippen LogP contribution is 2.42. The van der Waals surface area contributed by atoms with Gasteiger partial charge in [0, 0.05) is 41.0 Å². The lowest BCUT2D eigenvalue weighted by molar-refractivity contribution is 0.355. The van der Waals surface area contributed by atoms with Crippen molar-refractivity contribution in [1.29, 1.82) is 0 Å². The summed E-state index contributed by atoms with van der Waals surface area (Å²) in [6.07, 6.45) is 5.57. The fourth-order valence-electron chi connectivity index (χ4n) is 3.79. The number of nitrogens with zero attached hydrogens (tertiary/aromatic N) is 3. The van der Waals surface area contributed by atoms with Crippen LogP contribution in [0.5, 0.6) is 17.4 Å². The first-order valence-corrected chi connectivity index (χ1v) is 9.19. The minimum absolute atomic E-state index is 0.182. The number of hydrogen-bond donors (Lipinski definition) is 1. The quantitative estimate of drug-likeness (QED) is 0.488. The second-order valence-electron chi connectivity index (χ2n) is 6.70. The van der Waals surface area contributed by atoms with Crippen LogP contribution in [0.25, 0.3) is 33.4 Å². The van der Waals surface area contributed by atoms with E-state index < -0.39 is 0 Å². The Hall–Kier alpha value is -3.93. The van der Waals surface area contributed by atoms with Gasteiger partial charge >= 0.3 is 0 Å². The van der Waals surface area contributed by atoms with Gasteiger partial charge in [0.2, 0.25) is 5.88 Å². The van der Waals surface area contributed by atoms with E-state index in [0.717, 1.165) is 33.4 Å². The molecule has 0 fully saturated rings. The van der Waals surface area contributed by atoms with Gasteiger partial charge in [-0.3, -0.25) is 4.57 Å². The maximum atomic E-state index is 11.1. The number of methoxy groups -OCH3 is 2. The second kappa shape index (κ2) is 6.60. The molecule has 6 nitrogen and oxygen atoms in total. The van der Waals surface area contributed by atoms with Crippen LogP contribution >= 0.6 is 0 Å². The lowest BCUT2D eigenvalue weighted by Gasteiger charge is -2.14. The van der Waals surface area contributed by atoms with Crippen molar-refractivity contribution in [3.8, 4) is 34.3 Å². The summed E-state index contributed by atoms with van der Waals surface area (Å²) in [5.74, 6) is 1.47. The Morgan fingerprint density at radius 2 is 1.66 bits per heavy atom. The van der Waals surface area contributed by atoms with Gasteiger partial charge in [0.25, 0.3) is 0 Å². The number of pyridine rings is 1. The number of fused-ring (bicyclic) bond motifs is 2. The summed E-state index contributed by atoms with van der Waals surface area (Å²) in [6, 6.07) is 17.5. The molecule has 3 heterocycles. The zero-order chi connectivity index (χ0) is 20.0. The predicted molar refractivity (Wildman–Crippen MR) is 112 cm³/mol. The van der Waals surface area contributed by atoms with Crippen LogP contribution in [0, 0.1) is 0 Å². The normalized spacial score (nSPS) is 11.2. The molecule has 0 aliphatic heterocycles. The van der Waals surface area contributed by atoms with E-state index in [4.69, 9.17) is 9.47 Å². The van der Waals surface area contributed by atoms with Crippen LogP contribution in [0.4, 0.5) is 0 Å². The van der Waals surface area contributed by atoms with Crippen molar-refractivity contribution < 1.29 is 14.6 Å². The Morgan fingerprint density at radius 3 is 2.45 bits per heavy atom. The summed E-state index contributed by atoms with van der Waals surface area (Å²) in [4.78, 5) is 4.37. The molecule has 2 aromatic carbocycles.